The summed E-state index contributed by atoms with van der Waals surface area (Å²) in [5.74, 6) is -0.596. The second kappa shape index (κ2) is 11.0. The maximum Gasteiger partial charge on any atom is 0.270 e. The first kappa shape index (κ1) is 23.8. The quantitative estimate of drug-likeness (QED) is 0.260. The van der Waals surface area contributed by atoms with Crippen LogP contribution >= 0.6 is 0 Å². The van der Waals surface area contributed by atoms with Crippen molar-refractivity contribution in [3.63, 3.8) is 0 Å². The molecule has 0 bridgehead atoms. The van der Waals surface area contributed by atoms with Gasteiger partial charge in [0.05, 0.1) is 28.5 Å². The van der Waals surface area contributed by atoms with Gasteiger partial charge in [0, 0.05) is 25.2 Å². The van der Waals surface area contributed by atoms with Gasteiger partial charge in [0.25, 0.3) is 11.6 Å². The molecule has 0 radical (unpaired) electrons. The summed E-state index contributed by atoms with van der Waals surface area (Å²) < 4.78 is 32.0. The summed E-state index contributed by atoms with van der Waals surface area (Å²) in [4.78, 5) is 33.9. The molecule has 0 atom stereocenters. The van der Waals surface area contributed by atoms with E-state index in [1.54, 1.807) is 31.2 Å². The Morgan fingerprint density at radius 3 is 2.52 bits per heavy atom. The van der Waals surface area contributed by atoms with E-state index in [0.717, 1.165) is 6.07 Å². The minimum absolute atomic E-state index is 0.0433. The third-order valence-electron chi connectivity index (χ3n) is 3.92. The third-order valence-corrected chi connectivity index (χ3v) is 5.38. The molecule has 0 saturated carbocycles. The van der Waals surface area contributed by atoms with E-state index < -0.39 is 26.8 Å². The highest BCUT2D eigenvalue weighted by Crippen LogP contribution is 2.18. The van der Waals surface area contributed by atoms with Crippen LogP contribution in [-0.4, -0.2) is 51.4 Å². The molecule has 0 aromatic heterocycles. The number of ether oxygens (including phenoxy) is 1. The summed E-state index contributed by atoms with van der Waals surface area (Å²) >= 11 is 0. The first-order chi connectivity index (χ1) is 14.7. The lowest BCUT2D eigenvalue weighted by molar-refractivity contribution is -0.385. The van der Waals surface area contributed by atoms with E-state index >= 15 is 0 Å². The second-order valence-electron chi connectivity index (χ2n) is 6.11. The summed E-state index contributed by atoms with van der Waals surface area (Å²) in [6.45, 7) is 1.68. The van der Waals surface area contributed by atoms with Crippen molar-refractivity contribution in [2.45, 2.75) is 11.8 Å². The Bertz CT molecular complexity index is 1060. The summed E-state index contributed by atoms with van der Waals surface area (Å²) in [5.41, 5.74) is -0.0558. The van der Waals surface area contributed by atoms with E-state index in [2.05, 4.69) is 15.4 Å². The van der Waals surface area contributed by atoms with Crippen molar-refractivity contribution in [3.05, 3.63) is 64.2 Å². The molecule has 0 heterocycles. The molecule has 0 spiro atoms. The maximum atomic E-state index is 12.2. The van der Waals surface area contributed by atoms with Crippen LogP contribution in [0.4, 0.5) is 5.69 Å². The van der Waals surface area contributed by atoms with Crippen LogP contribution in [0.3, 0.4) is 0 Å². The zero-order chi connectivity index (χ0) is 22.9. The van der Waals surface area contributed by atoms with Crippen LogP contribution in [0.2, 0.25) is 0 Å². The van der Waals surface area contributed by atoms with Gasteiger partial charge < -0.3 is 15.4 Å². The number of hydrogen-bond donors (Lipinski definition) is 3. The zero-order valence-electron chi connectivity index (χ0n) is 16.7. The molecule has 2 rings (SSSR count). The van der Waals surface area contributed by atoms with Crippen molar-refractivity contribution in [1.82, 2.24) is 15.4 Å². The van der Waals surface area contributed by atoms with E-state index in [0.29, 0.717) is 17.9 Å². The molecule has 0 unspecified atom stereocenters. The molecule has 3 N–H and O–H groups in total. The second-order valence-corrected chi connectivity index (χ2v) is 7.88. The predicted octanol–water partition coefficient (Wildman–Crippen LogP) is 0.818. The molecule has 2 amide bonds. The van der Waals surface area contributed by atoms with Crippen LogP contribution in [0.1, 0.15) is 17.3 Å². The Morgan fingerprint density at radius 1 is 1.06 bits per heavy atom. The summed E-state index contributed by atoms with van der Waals surface area (Å²) in [7, 11) is -3.98. The number of hydrogen-bond acceptors (Lipinski definition) is 7. The number of carbonyl (C=O) groups is 2. The Labute approximate surface area is 179 Å². The SMILES string of the molecule is CCOc1ccccc1C(=O)NCC(=O)NCCNS(=O)(=O)c1cccc([N+](=O)[O-])c1. The smallest absolute Gasteiger partial charge is 0.270 e. The van der Waals surface area contributed by atoms with Crippen molar-refractivity contribution in [2.24, 2.45) is 0 Å². The molecule has 12 heteroatoms. The van der Waals surface area contributed by atoms with E-state index in [1.807, 2.05) is 0 Å². The molecule has 0 saturated heterocycles. The lowest BCUT2D eigenvalue weighted by atomic mass is 10.2. The number of benzene rings is 2. The van der Waals surface area contributed by atoms with Gasteiger partial charge in [-0.3, -0.25) is 19.7 Å². The average molecular weight is 450 g/mol. The molecule has 2 aromatic carbocycles. The first-order valence-corrected chi connectivity index (χ1v) is 10.7. The van der Waals surface area contributed by atoms with Gasteiger partial charge in [-0.25, -0.2) is 13.1 Å². The molecule has 0 aliphatic rings. The third kappa shape index (κ3) is 7.04. The monoisotopic (exact) mass is 450 g/mol. The van der Waals surface area contributed by atoms with Crippen molar-refractivity contribution < 1.29 is 27.7 Å². The molecule has 11 nitrogen and oxygen atoms in total. The fourth-order valence-corrected chi connectivity index (χ4v) is 3.56. The van der Waals surface area contributed by atoms with Crippen LogP contribution < -0.4 is 20.1 Å². The van der Waals surface area contributed by atoms with Gasteiger partial charge in [-0.05, 0) is 25.1 Å². The number of para-hydroxylation sites is 1. The highest BCUT2D eigenvalue weighted by Gasteiger charge is 2.17. The molecular formula is C19H22N4O7S. The molecule has 166 valence electrons. The Balaban J connectivity index is 1.79. The van der Waals surface area contributed by atoms with Crippen LogP contribution in [-0.2, 0) is 14.8 Å². The Morgan fingerprint density at radius 2 is 1.81 bits per heavy atom. The van der Waals surface area contributed by atoms with Gasteiger partial charge in [0.15, 0.2) is 0 Å². The van der Waals surface area contributed by atoms with E-state index in [9.17, 15) is 28.1 Å². The largest absolute Gasteiger partial charge is 0.493 e. The van der Waals surface area contributed by atoms with Gasteiger partial charge in [-0.15, -0.1) is 0 Å². The van der Waals surface area contributed by atoms with Gasteiger partial charge in [-0.1, -0.05) is 18.2 Å². The summed E-state index contributed by atoms with van der Waals surface area (Å²) in [5, 5.41) is 15.7. The van der Waals surface area contributed by atoms with Gasteiger partial charge in [-0.2, -0.15) is 0 Å². The summed E-state index contributed by atoms with van der Waals surface area (Å²) in [6.07, 6.45) is 0. The lowest BCUT2D eigenvalue weighted by Crippen LogP contribution is -2.40. The minimum atomic E-state index is -3.98. The first-order valence-electron chi connectivity index (χ1n) is 9.25. The number of nitrogens with zero attached hydrogens (tertiary/aromatic N) is 1. The fraction of sp³-hybridized carbons (Fsp3) is 0.263. The van der Waals surface area contributed by atoms with E-state index in [1.165, 1.54) is 18.2 Å². The van der Waals surface area contributed by atoms with Crippen molar-refractivity contribution >= 4 is 27.5 Å². The molecule has 2 aromatic rings. The number of nitrogens with one attached hydrogen (secondary N) is 3. The zero-order valence-corrected chi connectivity index (χ0v) is 17.5. The van der Waals surface area contributed by atoms with Crippen LogP contribution in [0, 0.1) is 10.1 Å². The van der Waals surface area contributed by atoms with E-state index in [-0.39, 0.29) is 30.2 Å². The Kier molecular flexibility index (Phi) is 8.46. The predicted molar refractivity (Wildman–Crippen MR) is 111 cm³/mol. The highest BCUT2D eigenvalue weighted by atomic mass is 32.2. The highest BCUT2D eigenvalue weighted by molar-refractivity contribution is 7.89. The van der Waals surface area contributed by atoms with E-state index in [4.69, 9.17) is 4.74 Å². The number of sulfonamides is 1. The molecule has 0 aliphatic carbocycles. The van der Waals surface area contributed by atoms with Crippen molar-refractivity contribution in [3.8, 4) is 5.75 Å². The standard InChI is InChI=1S/C19H22N4O7S/c1-2-30-17-9-4-3-8-16(17)19(25)21-13-18(24)20-10-11-22-31(28,29)15-7-5-6-14(12-15)23(26)27/h3-9,12,22H,2,10-11,13H2,1H3,(H,20,24)(H,21,25). The lowest BCUT2D eigenvalue weighted by Gasteiger charge is -2.11. The maximum absolute atomic E-state index is 12.2. The number of amides is 2. The minimum Gasteiger partial charge on any atom is -0.493 e. The topological polar surface area (TPSA) is 157 Å². The number of carbonyl (C=O) groups excluding carboxylic acids is 2. The fourth-order valence-electron chi connectivity index (χ4n) is 2.49. The van der Waals surface area contributed by atoms with Gasteiger partial charge in [0.2, 0.25) is 15.9 Å². The molecule has 0 fully saturated rings. The van der Waals surface area contributed by atoms with Crippen LogP contribution in [0.15, 0.2) is 53.4 Å². The number of non-ortho nitro benzene ring substituents is 1. The van der Waals surface area contributed by atoms with Crippen LogP contribution in [0.5, 0.6) is 5.75 Å². The molecular weight excluding hydrogens is 428 g/mol. The Hall–Kier alpha value is -3.51. The number of nitro benzene ring substituents is 1. The van der Waals surface area contributed by atoms with Crippen molar-refractivity contribution in [1.29, 1.82) is 0 Å². The van der Waals surface area contributed by atoms with Gasteiger partial charge in [0.1, 0.15) is 5.75 Å². The summed E-state index contributed by atoms with van der Waals surface area (Å²) in [6, 6.07) is 11.2. The normalized spacial score (nSPS) is 10.9. The van der Waals surface area contributed by atoms with Crippen LogP contribution in [0.25, 0.3) is 0 Å². The molecule has 31 heavy (non-hydrogen) atoms. The van der Waals surface area contributed by atoms with Crippen molar-refractivity contribution in [2.75, 3.05) is 26.2 Å². The number of nitro groups is 1. The van der Waals surface area contributed by atoms with Gasteiger partial charge >= 0.3 is 0 Å². The molecule has 0 aliphatic heterocycles. The average Bonchev–Trinajstić information content (AvgIpc) is 2.75. The number of rotatable bonds is 11.